The molecule has 0 saturated heterocycles. The van der Waals surface area contributed by atoms with Crippen LogP contribution in [0.3, 0.4) is 0 Å². The van der Waals surface area contributed by atoms with Crippen LogP contribution in [0.2, 0.25) is 0 Å². The summed E-state index contributed by atoms with van der Waals surface area (Å²) < 4.78 is 1.93. The molecule has 4 heteroatoms. The molecule has 1 atom stereocenters. The van der Waals surface area contributed by atoms with E-state index in [9.17, 15) is 5.11 Å². The Morgan fingerprint density at radius 3 is 2.83 bits per heavy atom. The highest BCUT2D eigenvalue weighted by molar-refractivity contribution is 5.22. The highest BCUT2D eigenvalue weighted by atomic mass is 16.3. The van der Waals surface area contributed by atoms with Crippen LogP contribution in [0.1, 0.15) is 35.7 Å². The summed E-state index contributed by atoms with van der Waals surface area (Å²) >= 11 is 0. The first-order valence-corrected chi connectivity index (χ1v) is 6.24. The third kappa shape index (κ3) is 2.59. The van der Waals surface area contributed by atoms with E-state index in [-0.39, 0.29) is 0 Å². The van der Waals surface area contributed by atoms with Gasteiger partial charge in [-0.25, -0.2) is 0 Å². The largest absolute Gasteiger partial charge is 0.386 e. The van der Waals surface area contributed by atoms with Gasteiger partial charge in [0.25, 0.3) is 0 Å². The molecule has 1 N–H and O–H groups in total. The Hall–Kier alpha value is -1.68. The van der Waals surface area contributed by atoms with E-state index in [0.717, 1.165) is 29.2 Å². The quantitative estimate of drug-likeness (QED) is 0.898. The fraction of sp³-hybridized carbons (Fsp3) is 0.429. The third-order valence-electron chi connectivity index (χ3n) is 3.05. The summed E-state index contributed by atoms with van der Waals surface area (Å²) in [4.78, 5) is 4.26. The molecule has 0 amide bonds. The minimum atomic E-state index is -0.576. The van der Waals surface area contributed by atoms with Gasteiger partial charge in [0.1, 0.15) is 6.10 Å². The summed E-state index contributed by atoms with van der Waals surface area (Å²) in [6.07, 6.45) is 1.69. The van der Waals surface area contributed by atoms with Crippen molar-refractivity contribution in [3.05, 3.63) is 47.0 Å². The maximum absolute atomic E-state index is 10.3. The second kappa shape index (κ2) is 5.31. The second-order valence-electron chi connectivity index (χ2n) is 4.52. The SMILES string of the molecule is CCn1nc(C)cc1CC(O)c1ncccc1C. The Labute approximate surface area is 107 Å². The van der Waals surface area contributed by atoms with Crippen molar-refractivity contribution in [2.45, 2.75) is 39.8 Å². The molecule has 4 nitrogen and oxygen atoms in total. The zero-order valence-electron chi connectivity index (χ0n) is 11.1. The van der Waals surface area contributed by atoms with E-state index < -0.39 is 6.10 Å². The Balaban J connectivity index is 2.21. The molecule has 0 aromatic carbocycles. The molecule has 0 bridgehead atoms. The minimum absolute atomic E-state index is 0.548. The maximum atomic E-state index is 10.3. The molecule has 0 aliphatic carbocycles. The summed E-state index contributed by atoms with van der Waals surface area (Å²) in [5.41, 5.74) is 3.80. The van der Waals surface area contributed by atoms with Crippen LogP contribution in [0.15, 0.2) is 24.4 Å². The Kier molecular flexibility index (Phi) is 3.77. The van der Waals surface area contributed by atoms with E-state index >= 15 is 0 Å². The zero-order chi connectivity index (χ0) is 13.1. The number of aliphatic hydroxyl groups is 1. The van der Waals surface area contributed by atoms with E-state index in [1.165, 1.54) is 0 Å². The number of hydrogen-bond acceptors (Lipinski definition) is 3. The molecular weight excluding hydrogens is 226 g/mol. The molecule has 2 aromatic heterocycles. The van der Waals surface area contributed by atoms with Gasteiger partial charge in [-0.05, 0) is 38.5 Å². The van der Waals surface area contributed by atoms with Crippen molar-refractivity contribution in [3.63, 3.8) is 0 Å². The number of aliphatic hydroxyl groups excluding tert-OH is 1. The van der Waals surface area contributed by atoms with Gasteiger partial charge < -0.3 is 5.11 Å². The van der Waals surface area contributed by atoms with Gasteiger partial charge in [-0.1, -0.05) is 6.07 Å². The number of aromatic nitrogens is 3. The summed E-state index contributed by atoms with van der Waals surface area (Å²) in [6, 6.07) is 5.87. The van der Waals surface area contributed by atoms with Crippen LogP contribution in [-0.4, -0.2) is 19.9 Å². The fourth-order valence-electron chi connectivity index (χ4n) is 2.18. The molecule has 0 radical (unpaired) electrons. The van der Waals surface area contributed by atoms with Gasteiger partial charge in [-0.15, -0.1) is 0 Å². The standard InChI is InChI=1S/C14H19N3O/c1-4-17-12(8-11(3)16-17)9-13(18)14-10(2)6-5-7-15-14/h5-8,13,18H,4,9H2,1-3H3. The van der Waals surface area contributed by atoms with Crippen molar-refractivity contribution in [2.24, 2.45) is 0 Å². The van der Waals surface area contributed by atoms with E-state index in [1.54, 1.807) is 6.20 Å². The molecule has 18 heavy (non-hydrogen) atoms. The lowest BCUT2D eigenvalue weighted by Gasteiger charge is -2.13. The Morgan fingerprint density at radius 1 is 1.39 bits per heavy atom. The van der Waals surface area contributed by atoms with Gasteiger partial charge in [0.05, 0.1) is 11.4 Å². The smallest absolute Gasteiger partial charge is 0.102 e. The molecule has 0 saturated carbocycles. The van der Waals surface area contributed by atoms with Crippen molar-refractivity contribution in [2.75, 3.05) is 0 Å². The topological polar surface area (TPSA) is 50.9 Å². The first-order chi connectivity index (χ1) is 8.61. The van der Waals surface area contributed by atoms with Crippen LogP contribution in [-0.2, 0) is 13.0 Å². The molecule has 1 unspecified atom stereocenters. The summed E-state index contributed by atoms with van der Waals surface area (Å²) in [7, 11) is 0. The second-order valence-corrected chi connectivity index (χ2v) is 4.52. The lowest BCUT2D eigenvalue weighted by molar-refractivity contribution is 0.170. The van der Waals surface area contributed by atoms with Crippen LogP contribution >= 0.6 is 0 Å². The lowest BCUT2D eigenvalue weighted by atomic mass is 10.1. The first kappa shape index (κ1) is 12.8. The van der Waals surface area contributed by atoms with E-state index in [1.807, 2.05) is 43.7 Å². The van der Waals surface area contributed by atoms with E-state index in [2.05, 4.69) is 10.1 Å². The van der Waals surface area contributed by atoms with Gasteiger partial charge in [-0.3, -0.25) is 9.67 Å². The highest BCUT2D eigenvalue weighted by Crippen LogP contribution is 2.19. The summed E-state index contributed by atoms with van der Waals surface area (Å²) in [6.45, 7) is 6.80. The summed E-state index contributed by atoms with van der Waals surface area (Å²) in [5, 5.41) is 14.7. The Morgan fingerprint density at radius 2 is 2.17 bits per heavy atom. The molecule has 0 aliphatic rings. The van der Waals surface area contributed by atoms with E-state index in [4.69, 9.17) is 0 Å². The molecule has 0 spiro atoms. The van der Waals surface area contributed by atoms with E-state index in [0.29, 0.717) is 6.42 Å². The van der Waals surface area contributed by atoms with Gasteiger partial charge in [0, 0.05) is 24.9 Å². The van der Waals surface area contributed by atoms with Crippen molar-refractivity contribution < 1.29 is 5.11 Å². The number of aryl methyl sites for hydroxylation is 3. The van der Waals surface area contributed by atoms with Crippen molar-refractivity contribution in [3.8, 4) is 0 Å². The fourth-order valence-corrected chi connectivity index (χ4v) is 2.18. The first-order valence-electron chi connectivity index (χ1n) is 6.24. The van der Waals surface area contributed by atoms with Crippen LogP contribution in [0.5, 0.6) is 0 Å². The number of hydrogen-bond donors (Lipinski definition) is 1. The average Bonchev–Trinajstić information content (AvgIpc) is 2.70. The van der Waals surface area contributed by atoms with Crippen molar-refractivity contribution in [1.29, 1.82) is 0 Å². The predicted octanol–water partition coefficient (Wildman–Crippen LogP) is 2.19. The van der Waals surface area contributed by atoms with Crippen LogP contribution in [0.4, 0.5) is 0 Å². The zero-order valence-corrected chi connectivity index (χ0v) is 11.1. The number of rotatable bonds is 4. The average molecular weight is 245 g/mol. The molecule has 96 valence electrons. The van der Waals surface area contributed by atoms with Crippen LogP contribution < -0.4 is 0 Å². The number of pyridine rings is 1. The molecular formula is C14H19N3O. The van der Waals surface area contributed by atoms with Gasteiger partial charge >= 0.3 is 0 Å². The molecule has 0 aliphatic heterocycles. The molecule has 2 aromatic rings. The normalized spacial score (nSPS) is 12.7. The minimum Gasteiger partial charge on any atom is -0.386 e. The van der Waals surface area contributed by atoms with Gasteiger partial charge in [0.2, 0.25) is 0 Å². The maximum Gasteiger partial charge on any atom is 0.102 e. The predicted molar refractivity (Wildman–Crippen MR) is 70.3 cm³/mol. The molecule has 2 rings (SSSR count). The number of nitrogens with zero attached hydrogens (tertiary/aromatic N) is 3. The van der Waals surface area contributed by atoms with Crippen molar-refractivity contribution in [1.82, 2.24) is 14.8 Å². The van der Waals surface area contributed by atoms with Crippen molar-refractivity contribution >= 4 is 0 Å². The summed E-state index contributed by atoms with van der Waals surface area (Å²) in [5.74, 6) is 0. The monoisotopic (exact) mass is 245 g/mol. The van der Waals surface area contributed by atoms with Crippen LogP contribution in [0, 0.1) is 13.8 Å². The molecule has 0 fully saturated rings. The third-order valence-corrected chi connectivity index (χ3v) is 3.05. The van der Waals surface area contributed by atoms with Crippen LogP contribution in [0.25, 0.3) is 0 Å². The lowest BCUT2D eigenvalue weighted by Crippen LogP contribution is -2.10. The Bertz CT molecular complexity index is 534. The molecule has 2 heterocycles. The van der Waals surface area contributed by atoms with Gasteiger partial charge in [-0.2, -0.15) is 5.10 Å². The van der Waals surface area contributed by atoms with Gasteiger partial charge in [0.15, 0.2) is 0 Å². The highest BCUT2D eigenvalue weighted by Gasteiger charge is 2.15.